The van der Waals surface area contributed by atoms with E-state index in [0.717, 1.165) is 18.4 Å². The average Bonchev–Trinajstić information content (AvgIpc) is 2.38. The van der Waals surface area contributed by atoms with Gasteiger partial charge in [0.15, 0.2) is 0 Å². The minimum Gasteiger partial charge on any atom is -0.350 e. The van der Waals surface area contributed by atoms with E-state index in [0.29, 0.717) is 12.1 Å². The predicted octanol–water partition coefficient (Wildman–Crippen LogP) is 2.21. The molecule has 0 saturated heterocycles. The van der Waals surface area contributed by atoms with Crippen LogP contribution in [0.3, 0.4) is 0 Å². The van der Waals surface area contributed by atoms with Crippen LogP contribution < -0.4 is 10.0 Å². The summed E-state index contributed by atoms with van der Waals surface area (Å²) < 4.78 is 26.4. The molecular formula is C15H24N2O3S. The molecule has 0 spiro atoms. The summed E-state index contributed by atoms with van der Waals surface area (Å²) in [6.07, 6.45) is 1.87. The summed E-state index contributed by atoms with van der Waals surface area (Å²) in [5, 5.41) is 2.89. The molecule has 6 heteroatoms. The number of amides is 1. The zero-order chi connectivity index (χ0) is 16.0. The number of nitrogens with one attached hydrogen (secondary N) is 2. The van der Waals surface area contributed by atoms with Gasteiger partial charge in [0.1, 0.15) is 0 Å². The SMILES string of the molecule is CCCC(C)NC(=O)c1cc(S(=O)(=O)NCC)ccc1C. The highest BCUT2D eigenvalue weighted by atomic mass is 32.2. The molecule has 1 aromatic carbocycles. The molecule has 21 heavy (non-hydrogen) atoms. The minimum atomic E-state index is -3.55. The van der Waals surface area contributed by atoms with E-state index in [1.165, 1.54) is 12.1 Å². The van der Waals surface area contributed by atoms with Crippen LogP contribution in [0.4, 0.5) is 0 Å². The van der Waals surface area contributed by atoms with Gasteiger partial charge in [-0.15, -0.1) is 0 Å². The van der Waals surface area contributed by atoms with Crippen LogP contribution in [0.25, 0.3) is 0 Å². The van der Waals surface area contributed by atoms with E-state index in [1.807, 2.05) is 6.92 Å². The third kappa shape index (κ3) is 4.82. The Labute approximate surface area is 127 Å². The van der Waals surface area contributed by atoms with Gasteiger partial charge in [0.05, 0.1) is 4.90 Å². The van der Waals surface area contributed by atoms with Crippen molar-refractivity contribution in [2.75, 3.05) is 6.54 Å². The van der Waals surface area contributed by atoms with Gasteiger partial charge in [0, 0.05) is 18.2 Å². The molecule has 2 N–H and O–H groups in total. The third-order valence-corrected chi connectivity index (χ3v) is 4.74. The summed E-state index contributed by atoms with van der Waals surface area (Å²) >= 11 is 0. The van der Waals surface area contributed by atoms with Crippen molar-refractivity contribution in [3.8, 4) is 0 Å². The standard InChI is InChI=1S/C15H24N2O3S/c1-5-7-12(4)17-15(18)14-10-13(9-8-11(14)3)21(19,20)16-6-2/h8-10,12,16H,5-7H2,1-4H3,(H,17,18). The van der Waals surface area contributed by atoms with E-state index in [2.05, 4.69) is 17.0 Å². The second-order valence-electron chi connectivity index (χ2n) is 5.14. The summed E-state index contributed by atoms with van der Waals surface area (Å²) in [6.45, 7) is 7.81. The maximum Gasteiger partial charge on any atom is 0.251 e. The molecule has 0 fully saturated rings. The van der Waals surface area contributed by atoms with Crippen molar-refractivity contribution in [2.45, 2.75) is 51.5 Å². The molecule has 1 unspecified atom stereocenters. The molecule has 5 nitrogen and oxygen atoms in total. The van der Waals surface area contributed by atoms with Crippen LogP contribution in [0.5, 0.6) is 0 Å². The van der Waals surface area contributed by atoms with Gasteiger partial charge in [-0.1, -0.05) is 26.3 Å². The van der Waals surface area contributed by atoms with Crippen LogP contribution in [0.15, 0.2) is 23.1 Å². The van der Waals surface area contributed by atoms with Gasteiger partial charge < -0.3 is 5.32 Å². The van der Waals surface area contributed by atoms with Crippen molar-refractivity contribution < 1.29 is 13.2 Å². The number of carbonyl (C=O) groups excluding carboxylic acids is 1. The highest BCUT2D eigenvalue weighted by Crippen LogP contribution is 2.16. The van der Waals surface area contributed by atoms with Crippen LogP contribution >= 0.6 is 0 Å². The Morgan fingerprint density at radius 2 is 1.95 bits per heavy atom. The van der Waals surface area contributed by atoms with Crippen molar-refractivity contribution in [3.05, 3.63) is 29.3 Å². The quantitative estimate of drug-likeness (QED) is 0.810. The number of aryl methyl sites for hydroxylation is 1. The number of hydrogen-bond donors (Lipinski definition) is 2. The Bertz CT molecular complexity index is 597. The summed E-state index contributed by atoms with van der Waals surface area (Å²) in [6, 6.07) is 4.67. The van der Waals surface area contributed by atoms with Crippen LogP contribution in [-0.4, -0.2) is 26.9 Å². The largest absolute Gasteiger partial charge is 0.350 e. The van der Waals surface area contributed by atoms with E-state index in [9.17, 15) is 13.2 Å². The number of carbonyl (C=O) groups is 1. The Balaban J connectivity index is 3.05. The monoisotopic (exact) mass is 312 g/mol. The lowest BCUT2D eigenvalue weighted by Gasteiger charge is -2.15. The zero-order valence-corrected chi connectivity index (χ0v) is 13.9. The first kappa shape index (κ1) is 17.7. The van der Waals surface area contributed by atoms with E-state index in [-0.39, 0.29) is 16.8 Å². The van der Waals surface area contributed by atoms with Crippen molar-refractivity contribution in [1.82, 2.24) is 10.0 Å². The lowest BCUT2D eigenvalue weighted by atomic mass is 10.1. The van der Waals surface area contributed by atoms with Crippen molar-refractivity contribution in [1.29, 1.82) is 0 Å². The van der Waals surface area contributed by atoms with Crippen molar-refractivity contribution >= 4 is 15.9 Å². The first-order chi connectivity index (χ1) is 9.81. The van der Waals surface area contributed by atoms with Gasteiger partial charge in [-0.3, -0.25) is 4.79 Å². The second-order valence-corrected chi connectivity index (χ2v) is 6.91. The smallest absolute Gasteiger partial charge is 0.251 e. The second kappa shape index (κ2) is 7.56. The maximum absolute atomic E-state index is 12.3. The first-order valence-corrected chi connectivity index (χ1v) is 8.71. The summed E-state index contributed by atoms with van der Waals surface area (Å²) in [7, 11) is -3.55. The summed E-state index contributed by atoms with van der Waals surface area (Å²) in [4.78, 5) is 12.4. The molecular weight excluding hydrogens is 288 g/mol. The molecule has 0 aliphatic heterocycles. The zero-order valence-electron chi connectivity index (χ0n) is 13.1. The predicted molar refractivity (Wildman–Crippen MR) is 83.9 cm³/mol. The van der Waals surface area contributed by atoms with Crippen LogP contribution in [0, 0.1) is 6.92 Å². The fourth-order valence-electron chi connectivity index (χ4n) is 2.09. The van der Waals surface area contributed by atoms with Crippen molar-refractivity contribution in [3.63, 3.8) is 0 Å². The normalized spacial score (nSPS) is 13.0. The number of rotatable bonds is 7. The first-order valence-electron chi connectivity index (χ1n) is 7.23. The van der Waals surface area contributed by atoms with E-state index in [1.54, 1.807) is 19.9 Å². The minimum absolute atomic E-state index is 0.0657. The summed E-state index contributed by atoms with van der Waals surface area (Å²) in [5.74, 6) is -0.234. The molecule has 1 rings (SSSR count). The van der Waals surface area contributed by atoms with Crippen molar-refractivity contribution in [2.24, 2.45) is 0 Å². The molecule has 118 valence electrons. The molecule has 1 amide bonds. The Morgan fingerprint density at radius 1 is 1.29 bits per heavy atom. The maximum atomic E-state index is 12.3. The van der Waals surface area contributed by atoms with Gasteiger partial charge in [-0.25, -0.2) is 13.1 Å². The van der Waals surface area contributed by atoms with Gasteiger partial charge in [-0.2, -0.15) is 0 Å². The van der Waals surface area contributed by atoms with Crippen LogP contribution in [0.1, 0.15) is 49.5 Å². The highest BCUT2D eigenvalue weighted by molar-refractivity contribution is 7.89. The van der Waals surface area contributed by atoms with E-state index in [4.69, 9.17) is 0 Å². The molecule has 0 aliphatic rings. The van der Waals surface area contributed by atoms with E-state index < -0.39 is 10.0 Å². The van der Waals surface area contributed by atoms with Gasteiger partial charge in [0.25, 0.3) is 5.91 Å². The Hall–Kier alpha value is -1.40. The highest BCUT2D eigenvalue weighted by Gasteiger charge is 2.18. The van der Waals surface area contributed by atoms with Gasteiger partial charge in [0.2, 0.25) is 10.0 Å². The third-order valence-electron chi connectivity index (χ3n) is 3.20. The Kier molecular flexibility index (Phi) is 6.36. The lowest BCUT2D eigenvalue weighted by Crippen LogP contribution is -2.33. The molecule has 0 saturated carbocycles. The fourth-order valence-corrected chi connectivity index (χ4v) is 3.16. The molecule has 0 heterocycles. The van der Waals surface area contributed by atoms with Crippen LogP contribution in [-0.2, 0) is 10.0 Å². The fraction of sp³-hybridized carbons (Fsp3) is 0.533. The van der Waals surface area contributed by atoms with Gasteiger partial charge in [-0.05, 0) is 38.0 Å². The Morgan fingerprint density at radius 3 is 2.52 bits per heavy atom. The topological polar surface area (TPSA) is 75.3 Å². The lowest BCUT2D eigenvalue weighted by molar-refractivity contribution is 0.0937. The summed E-state index contributed by atoms with van der Waals surface area (Å²) in [5.41, 5.74) is 1.16. The molecule has 0 bridgehead atoms. The van der Waals surface area contributed by atoms with Gasteiger partial charge >= 0.3 is 0 Å². The number of benzene rings is 1. The van der Waals surface area contributed by atoms with Crippen LogP contribution in [0.2, 0.25) is 0 Å². The molecule has 0 aromatic heterocycles. The average molecular weight is 312 g/mol. The molecule has 0 aliphatic carbocycles. The molecule has 1 aromatic rings. The molecule has 1 atom stereocenters. The molecule has 0 radical (unpaired) electrons. The number of hydrogen-bond acceptors (Lipinski definition) is 3. The number of sulfonamides is 1. The van der Waals surface area contributed by atoms with E-state index >= 15 is 0 Å².